The molecule has 15 heavy (non-hydrogen) atoms. The van der Waals surface area contributed by atoms with E-state index < -0.39 is 0 Å². The monoisotopic (exact) mass is 204 g/mol. The highest BCUT2D eigenvalue weighted by Crippen LogP contribution is 2.34. The predicted octanol–water partition coefficient (Wildman–Crippen LogP) is 0.572. The summed E-state index contributed by atoms with van der Waals surface area (Å²) < 4.78 is 10.3. The summed E-state index contributed by atoms with van der Waals surface area (Å²) in [4.78, 5) is 10.8. The first-order valence-electron chi connectivity index (χ1n) is 4.33. The standard InChI is InChI=1S/C11H8O4/c12-3-1-2-8-4-10-11(15-7-14-10)5-9(8)6-13/h4-6,12H,3,7H2. The molecular formula is C11H8O4. The fourth-order valence-electron chi connectivity index (χ4n) is 1.30. The Morgan fingerprint density at radius 1 is 1.40 bits per heavy atom. The van der Waals surface area contributed by atoms with Gasteiger partial charge >= 0.3 is 0 Å². The number of aliphatic hydroxyl groups is 1. The number of hydrogen-bond donors (Lipinski definition) is 1. The highest BCUT2D eigenvalue weighted by atomic mass is 16.7. The molecule has 1 aliphatic rings. The van der Waals surface area contributed by atoms with Gasteiger partial charge in [0.15, 0.2) is 17.8 Å². The molecule has 0 aliphatic carbocycles. The number of carbonyl (C=O) groups excluding carboxylic acids is 1. The van der Waals surface area contributed by atoms with Crippen LogP contribution < -0.4 is 9.47 Å². The lowest BCUT2D eigenvalue weighted by molar-refractivity contribution is 0.112. The van der Waals surface area contributed by atoms with Crippen molar-refractivity contribution in [1.29, 1.82) is 0 Å². The van der Waals surface area contributed by atoms with Crippen molar-refractivity contribution >= 4 is 6.29 Å². The summed E-state index contributed by atoms with van der Waals surface area (Å²) in [6.07, 6.45) is 0.698. The van der Waals surface area contributed by atoms with Crippen molar-refractivity contribution in [3.05, 3.63) is 23.3 Å². The van der Waals surface area contributed by atoms with Crippen molar-refractivity contribution in [2.24, 2.45) is 0 Å². The molecule has 1 N–H and O–H groups in total. The van der Waals surface area contributed by atoms with E-state index in [4.69, 9.17) is 14.6 Å². The maximum Gasteiger partial charge on any atom is 0.231 e. The Morgan fingerprint density at radius 3 is 2.80 bits per heavy atom. The minimum Gasteiger partial charge on any atom is -0.454 e. The zero-order chi connectivity index (χ0) is 10.7. The summed E-state index contributed by atoms with van der Waals surface area (Å²) in [7, 11) is 0. The molecule has 0 amide bonds. The Bertz CT molecular complexity index is 454. The Labute approximate surface area is 86.4 Å². The fourth-order valence-corrected chi connectivity index (χ4v) is 1.30. The van der Waals surface area contributed by atoms with Gasteiger partial charge in [-0.1, -0.05) is 11.8 Å². The van der Waals surface area contributed by atoms with Gasteiger partial charge in [0.05, 0.1) is 0 Å². The molecule has 76 valence electrons. The van der Waals surface area contributed by atoms with Crippen LogP contribution in [0.2, 0.25) is 0 Å². The molecule has 0 fully saturated rings. The van der Waals surface area contributed by atoms with Gasteiger partial charge in [-0.05, 0) is 6.07 Å². The van der Waals surface area contributed by atoms with E-state index in [1.54, 1.807) is 12.1 Å². The van der Waals surface area contributed by atoms with Crippen LogP contribution in [0.4, 0.5) is 0 Å². The minimum atomic E-state index is -0.243. The van der Waals surface area contributed by atoms with E-state index in [-0.39, 0.29) is 13.4 Å². The lowest BCUT2D eigenvalue weighted by Crippen LogP contribution is -1.92. The molecule has 0 unspecified atom stereocenters. The minimum absolute atomic E-state index is 0.157. The van der Waals surface area contributed by atoms with Crippen LogP contribution in [0, 0.1) is 11.8 Å². The van der Waals surface area contributed by atoms with Gasteiger partial charge < -0.3 is 14.6 Å². The highest BCUT2D eigenvalue weighted by molar-refractivity contribution is 5.81. The number of rotatable bonds is 1. The third-order valence-electron chi connectivity index (χ3n) is 1.97. The second-order valence-corrected chi connectivity index (χ2v) is 2.87. The Hall–Kier alpha value is -1.99. The van der Waals surface area contributed by atoms with Crippen LogP contribution in [0.3, 0.4) is 0 Å². The summed E-state index contributed by atoms with van der Waals surface area (Å²) in [5.41, 5.74) is 0.962. The quantitative estimate of drug-likeness (QED) is 0.536. The van der Waals surface area contributed by atoms with Gasteiger partial charge in [-0.2, -0.15) is 0 Å². The van der Waals surface area contributed by atoms with Crippen LogP contribution >= 0.6 is 0 Å². The first-order valence-corrected chi connectivity index (χ1v) is 4.33. The molecule has 4 heteroatoms. The van der Waals surface area contributed by atoms with Crippen LogP contribution in [0.15, 0.2) is 12.1 Å². The van der Waals surface area contributed by atoms with Gasteiger partial charge in [-0.15, -0.1) is 0 Å². The SMILES string of the molecule is O=Cc1cc2c(cc1C#CCO)OCO2. The van der Waals surface area contributed by atoms with Gasteiger partial charge in [0, 0.05) is 17.2 Å². The molecule has 0 saturated carbocycles. The van der Waals surface area contributed by atoms with E-state index in [1.807, 2.05) is 0 Å². The van der Waals surface area contributed by atoms with Crippen molar-refractivity contribution in [2.75, 3.05) is 13.4 Å². The summed E-state index contributed by atoms with van der Waals surface area (Å²) >= 11 is 0. The average Bonchev–Trinajstić information content (AvgIpc) is 2.71. The van der Waals surface area contributed by atoms with Crippen LogP contribution in [-0.4, -0.2) is 24.8 Å². The number of aldehydes is 1. The largest absolute Gasteiger partial charge is 0.454 e. The molecule has 0 spiro atoms. The van der Waals surface area contributed by atoms with Crippen LogP contribution in [0.5, 0.6) is 11.5 Å². The third kappa shape index (κ3) is 1.78. The van der Waals surface area contributed by atoms with Gasteiger partial charge in [0.1, 0.15) is 6.61 Å². The van der Waals surface area contributed by atoms with E-state index in [9.17, 15) is 4.79 Å². The number of ether oxygens (including phenoxy) is 2. The molecule has 1 aromatic carbocycles. The van der Waals surface area contributed by atoms with Crippen molar-refractivity contribution in [2.45, 2.75) is 0 Å². The number of carbonyl (C=O) groups is 1. The van der Waals surface area contributed by atoms with E-state index >= 15 is 0 Å². The number of benzene rings is 1. The van der Waals surface area contributed by atoms with E-state index in [1.165, 1.54) is 0 Å². The molecule has 1 aliphatic heterocycles. The molecule has 0 atom stereocenters. The fraction of sp³-hybridized carbons (Fsp3) is 0.182. The molecule has 0 bridgehead atoms. The van der Waals surface area contributed by atoms with Crippen molar-refractivity contribution < 1.29 is 19.4 Å². The number of aliphatic hydroxyl groups excluding tert-OH is 1. The zero-order valence-electron chi connectivity index (χ0n) is 7.82. The summed E-state index contributed by atoms with van der Waals surface area (Å²) in [6.45, 7) is -0.0861. The smallest absolute Gasteiger partial charge is 0.231 e. The Balaban J connectivity index is 2.48. The lowest BCUT2D eigenvalue weighted by Gasteiger charge is -1.99. The van der Waals surface area contributed by atoms with Crippen molar-refractivity contribution in [3.8, 4) is 23.3 Å². The van der Waals surface area contributed by atoms with Crippen molar-refractivity contribution in [1.82, 2.24) is 0 Å². The van der Waals surface area contributed by atoms with E-state index in [2.05, 4.69) is 11.8 Å². The topological polar surface area (TPSA) is 55.8 Å². The summed E-state index contributed by atoms with van der Waals surface area (Å²) in [6, 6.07) is 3.21. The van der Waals surface area contributed by atoms with Gasteiger partial charge in [-0.3, -0.25) is 4.79 Å². The average molecular weight is 204 g/mol. The van der Waals surface area contributed by atoms with E-state index in [0.717, 1.165) is 0 Å². The molecule has 4 nitrogen and oxygen atoms in total. The summed E-state index contributed by atoms with van der Waals surface area (Å²) in [5, 5.41) is 8.57. The maximum atomic E-state index is 10.8. The van der Waals surface area contributed by atoms with Gasteiger partial charge in [0.2, 0.25) is 6.79 Å². The molecular weight excluding hydrogens is 196 g/mol. The number of fused-ring (bicyclic) bond motifs is 1. The Morgan fingerprint density at radius 2 is 2.13 bits per heavy atom. The lowest BCUT2D eigenvalue weighted by atomic mass is 10.1. The second kappa shape index (κ2) is 4.03. The normalized spacial score (nSPS) is 11.8. The van der Waals surface area contributed by atoms with Crippen LogP contribution in [0.25, 0.3) is 0 Å². The predicted molar refractivity (Wildman–Crippen MR) is 51.9 cm³/mol. The van der Waals surface area contributed by atoms with E-state index in [0.29, 0.717) is 28.9 Å². The molecule has 0 saturated heterocycles. The zero-order valence-corrected chi connectivity index (χ0v) is 7.82. The molecule has 0 aromatic heterocycles. The van der Waals surface area contributed by atoms with Crippen LogP contribution in [-0.2, 0) is 0 Å². The first kappa shape index (κ1) is 9.56. The van der Waals surface area contributed by atoms with Crippen LogP contribution in [0.1, 0.15) is 15.9 Å². The molecule has 1 aromatic rings. The molecule has 2 rings (SSSR count). The molecule has 0 radical (unpaired) electrons. The first-order chi connectivity index (χ1) is 7.35. The van der Waals surface area contributed by atoms with Crippen molar-refractivity contribution in [3.63, 3.8) is 0 Å². The highest BCUT2D eigenvalue weighted by Gasteiger charge is 2.15. The third-order valence-corrected chi connectivity index (χ3v) is 1.97. The second-order valence-electron chi connectivity index (χ2n) is 2.87. The number of hydrogen-bond acceptors (Lipinski definition) is 4. The summed E-state index contributed by atoms with van der Waals surface area (Å²) in [5.74, 6) is 6.28. The van der Waals surface area contributed by atoms with Gasteiger partial charge in [-0.25, -0.2) is 0 Å². The maximum absolute atomic E-state index is 10.8. The Kier molecular flexibility index (Phi) is 2.57. The molecule has 1 heterocycles. The van der Waals surface area contributed by atoms with Gasteiger partial charge in [0.25, 0.3) is 0 Å².